The minimum Gasteiger partial charge on any atom is -0.456 e. The standard InChI is InChI=1S/C13H18O9.C6H6N4O4/c1-6(14)19-10-5-18-13(22-9(4)17)12(21-8(3)16)11(10)20-7(2)15;7-8-5-2-1-4(9(11)12)3-6(5)10(13)14/h10-13H,5H2,1-4H3;1-3,8H,7H2. The first kappa shape index (κ1) is 29.7. The Morgan fingerprint density at radius 1 is 0.889 bits per heavy atom. The van der Waals surface area contributed by atoms with Gasteiger partial charge in [-0.3, -0.25) is 45.2 Å². The number of nitro groups is 2. The number of ether oxygens (including phenoxy) is 5. The monoisotopic (exact) mass is 516 g/mol. The Bertz CT molecular complexity index is 973. The predicted molar refractivity (Wildman–Crippen MR) is 116 cm³/mol. The van der Waals surface area contributed by atoms with Crippen LogP contribution in [0.25, 0.3) is 0 Å². The van der Waals surface area contributed by atoms with Gasteiger partial charge in [-0.1, -0.05) is 0 Å². The SMILES string of the molecule is CC(=O)OC1COC(OC(C)=O)C(OC(C)=O)C1OC(C)=O.NNc1ccc([N+](=O)[O-])cc1[N+](=O)[O-]. The zero-order chi connectivity index (χ0) is 27.6. The van der Waals surface area contributed by atoms with Crippen molar-refractivity contribution in [1.29, 1.82) is 0 Å². The van der Waals surface area contributed by atoms with Crippen LogP contribution in [0.2, 0.25) is 0 Å². The van der Waals surface area contributed by atoms with Crippen LogP contribution in [0.4, 0.5) is 17.1 Å². The van der Waals surface area contributed by atoms with Gasteiger partial charge in [-0.05, 0) is 6.07 Å². The maximum Gasteiger partial charge on any atom is 0.305 e. The summed E-state index contributed by atoms with van der Waals surface area (Å²) in [6.07, 6.45) is -4.65. The number of hydrazine groups is 1. The van der Waals surface area contributed by atoms with Gasteiger partial charge in [0.05, 0.1) is 22.5 Å². The van der Waals surface area contributed by atoms with E-state index >= 15 is 0 Å². The fourth-order valence-electron chi connectivity index (χ4n) is 2.88. The first-order valence-electron chi connectivity index (χ1n) is 9.96. The molecule has 0 amide bonds. The number of rotatable bonds is 7. The summed E-state index contributed by atoms with van der Waals surface area (Å²) in [6.45, 7) is 4.40. The van der Waals surface area contributed by atoms with Crippen molar-refractivity contribution >= 4 is 40.9 Å². The lowest BCUT2D eigenvalue weighted by molar-refractivity contribution is -0.393. The Morgan fingerprint density at radius 2 is 1.42 bits per heavy atom. The number of esters is 4. The highest BCUT2D eigenvalue weighted by molar-refractivity contribution is 5.69. The van der Waals surface area contributed by atoms with Crippen LogP contribution in [0.15, 0.2) is 18.2 Å². The van der Waals surface area contributed by atoms with Crippen molar-refractivity contribution in [3.63, 3.8) is 0 Å². The van der Waals surface area contributed by atoms with Crippen LogP contribution >= 0.6 is 0 Å². The normalized spacial score (nSPS) is 20.5. The summed E-state index contributed by atoms with van der Waals surface area (Å²) < 4.78 is 25.2. The van der Waals surface area contributed by atoms with Crippen LogP contribution in [0.1, 0.15) is 27.7 Å². The van der Waals surface area contributed by atoms with Gasteiger partial charge < -0.3 is 29.1 Å². The molecule has 0 saturated carbocycles. The molecule has 1 aromatic rings. The highest BCUT2D eigenvalue weighted by atomic mass is 16.7. The van der Waals surface area contributed by atoms with Gasteiger partial charge in [0.1, 0.15) is 5.69 Å². The van der Waals surface area contributed by atoms with Crippen molar-refractivity contribution in [1.82, 2.24) is 0 Å². The lowest BCUT2D eigenvalue weighted by atomic mass is 10.0. The number of nitro benzene ring substituents is 2. The number of anilines is 1. The molecular formula is C19H24N4O13. The minimum absolute atomic E-state index is 0.0283. The Labute approximate surface area is 203 Å². The number of carbonyl (C=O) groups excluding carboxylic acids is 4. The number of hydrogen-bond donors (Lipinski definition) is 2. The van der Waals surface area contributed by atoms with E-state index in [0.717, 1.165) is 32.9 Å². The number of nitrogens with one attached hydrogen (secondary N) is 1. The summed E-state index contributed by atoms with van der Waals surface area (Å²) in [5.41, 5.74) is 1.33. The number of non-ortho nitro benzene ring substituents is 1. The Kier molecular flexibility index (Phi) is 11.1. The molecule has 0 bridgehead atoms. The quantitative estimate of drug-likeness (QED) is 0.165. The van der Waals surface area contributed by atoms with E-state index in [-0.39, 0.29) is 18.0 Å². The first-order chi connectivity index (χ1) is 16.8. The van der Waals surface area contributed by atoms with Gasteiger partial charge >= 0.3 is 29.6 Å². The molecule has 4 unspecified atom stereocenters. The summed E-state index contributed by atoms with van der Waals surface area (Å²) in [5.74, 6) is 2.31. The molecule has 4 atom stereocenters. The van der Waals surface area contributed by atoms with E-state index in [1.54, 1.807) is 0 Å². The highest BCUT2D eigenvalue weighted by Gasteiger charge is 2.48. The second kappa shape index (κ2) is 13.5. The molecule has 0 spiro atoms. The van der Waals surface area contributed by atoms with E-state index in [0.29, 0.717) is 0 Å². The number of hydrogen-bond acceptors (Lipinski definition) is 15. The summed E-state index contributed by atoms with van der Waals surface area (Å²) >= 11 is 0. The van der Waals surface area contributed by atoms with Crippen molar-refractivity contribution in [2.24, 2.45) is 5.84 Å². The zero-order valence-corrected chi connectivity index (χ0v) is 19.5. The van der Waals surface area contributed by atoms with Crippen molar-refractivity contribution in [3.05, 3.63) is 38.4 Å². The summed E-state index contributed by atoms with van der Waals surface area (Å²) in [4.78, 5) is 64.0. The third-order valence-corrected chi connectivity index (χ3v) is 4.13. The number of nitrogen functional groups attached to an aromatic ring is 1. The topological polar surface area (TPSA) is 239 Å². The molecule has 1 aliphatic heterocycles. The Morgan fingerprint density at radius 3 is 1.86 bits per heavy atom. The van der Waals surface area contributed by atoms with Crippen LogP contribution in [0.3, 0.4) is 0 Å². The molecule has 0 aromatic heterocycles. The van der Waals surface area contributed by atoms with Crippen LogP contribution in [-0.4, -0.2) is 64.9 Å². The minimum atomic E-state index is -1.27. The third-order valence-electron chi connectivity index (χ3n) is 4.13. The van der Waals surface area contributed by atoms with Crippen LogP contribution in [0, 0.1) is 20.2 Å². The second-order valence-corrected chi connectivity index (χ2v) is 6.97. The number of nitrogens with zero attached hydrogens (tertiary/aromatic N) is 2. The molecule has 36 heavy (non-hydrogen) atoms. The third kappa shape index (κ3) is 9.11. The lowest BCUT2D eigenvalue weighted by Gasteiger charge is -2.39. The molecule has 1 aromatic carbocycles. The molecule has 1 heterocycles. The van der Waals surface area contributed by atoms with E-state index in [1.165, 1.54) is 13.0 Å². The summed E-state index contributed by atoms with van der Waals surface area (Å²) in [6, 6.07) is 3.15. The second-order valence-electron chi connectivity index (χ2n) is 6.97. The molecule has 0 aliphatic carbocycles. The predicted octanol–water partition coefficient (Wildman–Crippen LogP) is 0.490. The zero-order valence-electron chi connectivity index (χ0n) is 19.5. The molecule has 17 heteroatoms. The van der Waals surface area contributed by atoms with Crippen LogP contribution in [-0.2, 0) is 42.9 Å². The maximum atomic E-state index is 11.3. The van der Waals surface area contributed by atoms with Gasteiger partial charge in [0.15, 0.2) is 12.2 Å². The van der Waals surface area contributed by atoms with Crippen molar-refractivity contribution < 1.29 is 52.7 Å². The molecule has 3 N–H and O–H groups in total. The van der Waals surface area contributed by atoms with E-state index in [2.05, 4.69) is 5.43 Å². The van der Waals surface area contributed by atoms with Gasteiger partial charge in [-0.15, -0.1) is 0 Å². The van der Waals surface area contributed by atoms with E-state index in [9.17, 15) is 39.4 Å². The molecule has 1 saturated heterocycles. The van der Waals surface area contributed by atoms with Crippen molar-refractivity contribution in [3.8, 4) is 0 Å². The number of benzene rings is 1. The van der Waals surface area contributed by atoms with Gasteiger partial charge in [0, 0.05) is 33.8 Å². The maximum absolute atomic E-state index is 11.3. The number of nitrogens with two attached hydrogens (primary N) is 1. The molecule has 2 rings (SSSR count). The average Bonchev–Trinajstić information content (AvgIpc) is 2.76. The smallest absolute Gasteiger partial charge is 0.305 e. The molecule has 198 valence electrons. The van der Waals surface area contributed by atoms with Gasteiger partial charge in [-0.25, -0.2) is 0 Å². The van der Waals surface area contributed by atoms with E-state index < -0.39 is 64.0 Å². The van der Waals surface area contributed by atoms with Gasteiger partial charge in [0.25, 0.3) is 5.69 Å². The fourth-order valence-corrected chi connectivity index (χ4v) is 2.88. The van der Waals surface area contributed by atoms with Crippen molar-refractivity contribution in [2.75, 3.05) is 12.0 Å². The Balaban J connectivity index is 0.000000397. The highest BCUT2D eigenvalue weighted by Crippen LogP contribution is 2.28. The largest absolute Gasteiger partial charge is 0.456 e. The molecule has 17 nitrogen and oxygen atoms in total. The summed E-state index contributed by atoms with van der Waals surface area (Å²) in [7, 11) is 0. The van der Waals surface area contributed by atoms with Gasteiger partial charge in [-0.2, -0.15) is 0 Å². The molecule has 1 aliphatic rings. The molecular weight excluding hydrogens is 492 g/mol. The van der Waals surface area contributed by atoms with Crippen molar-refractivity contribution in [2.45, 2.75) is 52.3 Å². The lowest BCUT2D eigenvalue weighted by Crippen LogP contribution is -2.58. The van der Waals surface area contributed by atoms with Gasteiger partial charge in [0.2, 0.25) is 12.4 Å². The van der Waals surface area contributed by atoms with E-state index in [4.69, 9.17) is 29.5 Å². The molecule has 1 fully saturated rings. The fraction of sp³-hybridized carbons (Fsp3) is 0.474. The average molecular weight is 516 g/mol. The number of carbonyl (C=O) groups is 4. The van der Waals surface area contributed by atoms with Crippen LogP contribution in [0.5, 0.6) is 0 Å². The summed E-state index contributed by atoms with van der Waals surface area (Å²) in [5, 5.41) is 20.7. The van der Waals surface area contributed by atoms with E-state index in [1.807, 2.05) is 0 Å². The van der Waals surface area contributed by atoms with Crippen LogP contribution < -0.4 is 11.3 Å². The molecule has 0 radical (unpaired) electrons. The Hall–Kier alpha value is -4.38. The first-order valence-corrected chi connectivity index (χ1v) is 9.96.